The molecule has 1 saturated carbocycles. The van der Waals surface area contributed by atoms with Crippen molar-refractivity contribution in [2.75, 3.05) is 0 Å². The predicted octanol–water partition coefficient (Wildman–Crippen LogP) is 4.31. The van der Waals surface area contributed by atoms with E-state index in [2.05, 4.69) is 49.5 Å². The van der Waals surface area contributed by atoms with Gasteiger partial charge in [-0.25, -0.2) is 0 Å². The lowest BCUT2D eigenvalue weighted by Gasteiger charge is -2.30. The average molecular weight is 231 g/mol. The largest absolute Gasteiger partial charge is 0.307 e. The number of nitrogens with one attached hydrogen (secondary N) is 1. The maximum absolute atomic E-state index is 3.77. The summed E-state index contributed by atoms with van der Waals surface area (Å²) in [6, 6.07) is 11.9. The van der Waals surface area contributed by atoms with Gasteiger partial charge in [0, 0.05) is 12.1 Å². The Hall–Kier alpha value is -0.820. The highest BCUT2D eigenvalue weighted by atomic mass is 14.9. The van der Waals surface area contributed by atoms with Gasteiger partial charge >= 0.3 is 0 Å². The van der Waals surface area contributed by atoms with E-state index in [1.807, 2.05) is 0 Å². The van der Waals surface area contributed by atoms with Gasteiger partial charge in [0.2, 0.25) is 0 Å². The highest BCUT2D eigenvalue weighted by molar-refractivity contribution is 5.18. The maximum Gasteiger partial charge on any atom is 0.0294 e. The van der Waals surface area contributed by atoms with Gasteiger partial charge in [0.15, 0.2) is 0 Å². The van der Waals surface area contributed by atoms with Gasteiger partial charge in [-0.2, -0.15) is 0 Å². The monoisotopic (exact) mass is 231 g/mol. The van der Waals surface area contributed by atoms with Crippen molar-refractivity contribution >= 4 is 0 Å². The fourth-order valence-corrected chi connectivity index (χ4v) is 3.00. The Bertz CT molecular complexity index is 314. The van der Waals surface area contributed by atoms with Crippen LogP contribution in [0.4, 0.5) is 0 Å². The second-order valence-electron chi connectivity index (χ2n) is 5.49. The summed E-state index contributed by atoms with van der Waals surface area (Å²) in [7, 11) is 0. The molecule has 2 rings (SSSR count). The second kappa shape index (κ2) is 6.20. The SMILES string of the molecule is CC(N[C@@H](C)c1ccccc1)C1CCCCC1. The maximum atomic E-state index is 3.77. The van der Waals surface area contributed by atoms with E-state index in [4.69, 9.17) is 0 Å². The van der Waals surface area contributed by atoms with Gasteiger partial charge in [-0.3, -0.25) is 0 Å². The van der Waals surface area contributed by atoms with E-state index in [1.165, 1.54) is 37.7 Å². The molecule has 0 saturated heterocycles. The van der Waals surface area contributed by atoms with Gasteiger partial charge in [-0.15, -0.1) is 0 Å². The van der Waals surface area contributed by atoms with Crippen molar-refractivity contribution in [1.82, 2.24) is 5.32 Å². The van der Waals surface area contributed by atoms with Crippen molar-refractivity contribution in [2.24, 2.45) is 5.92 Å². The number of hydrogen-bond acceptors (Lipinski definition) is 1. The molecule has 0 bridgehead atoms. The Kier molecular flexibility index (Phi) is 4.61. The Morgan fingerprint density at radius 2 is 1.65 bits per heavy atom. The summed E-state index contributed by atoms with van der Waals surface area (Å²) in [6.07, 6.45) is 7.12. The third-order valence-electron chi connectivity index (χ3n) is 4.17. The summed E-state index contributed by atoms with van der Waals surface area (Å²) in [5.74, 6) is 0.884. The van der Waals surface area contributed by atoms with E-state index in [9.17, 15) is 0 Å². The molecule has 1 fully saturated rings. The minimum atomic E-state index is 0.466. The fourth-order valence-electron chi connectivity index (χ4n) is 3.00. The van der Waals surface area contributed by atoms with Gasteiger partial charge < -0.3 is 5.32 Å². The van der Waals surface area contributed by atoms with E-state index < -0.39 is 0 Å². The summed E-state index contributed by atoms with van der Waals surface area (Å²) in [4.78, 5) is 0. The summed E-state index contributed by atoms with van der Waals surface area (Å²) in [5.41, 5.74) is 1.40. The lowest BCUT2D eigenvalue weighted by atomic mass is 9.84. The van der Waals surface area contributed by atoms with E-state index in [1.54, 1.807) is 0 Å². The predicted molar refractivity (Wildman–Crippen MR) is 74.0 cm³/mol. The molecule has 0 aromatic heterocycles. The highest BCUT2D eigenvalue weighted by Gasteiger charge is 2.21. The van der Waals surface area contributed by atoms with Crippen molar-refractivity contribution in [3.8, 4) is 0 Å². The van der Waals surface area contributed by atoms with E-state index in [0.29, 0.717) is 12.1 Å². The van der Waals surface area contributed by atoms with Crippen LogP contribution in [0, 0.1) is 5.92 Å². The van der Waals surface area contributed by atoms with Crippen LogP contribution in [0.15, 0.2) is 30.3 Å². The van der Waals surface area contributed by atoms with Crippen molar-refractivity contribution in [3.05, 3.63) is 35.9 Å². The molecular weight excluding hydrogens is 206 g/mol. The minimum Gasteiger partial charge on any atom is -0.307 e. The van der Waals surface area contributed by atoms with Crippen LogP contribution >= 0.6 is 0 Å². The standard InChI is InChI=1S/C16H25N/c1-13(15-9-5-3-6-10-15)17-14(2)16-11-7-4-8-12-16/h3,5-6,9-10,13-14,16-17H,4,7-8,11-12H2,1-2H3/t13-,14?/m0/s1. The average Bonchev–Trinajstić information content (AvgIpc) is 2.40. The topological polar surface area (TPSA) is 12.0 Å². The van der Waals surface area contributed by atoms with Gasteiger partial charge in [-0.05, 0) is 38.2 Å². The lowest BCUT2D eigenvalue weighted by molar-refractivity contribution is 0.268. The Labute approximate surface area is 106 Å². The van der Waals surface area contributed by atoms with Gasteiger partial charge in [0.05, 0.1) is 0 Å². The first kappa shape index (κ1) is 12.6. The first-order chi connectivity index (χ1) is 8.27. The van der Waals surface area contributed by atoms with Crippen molar-refractivity contribution < 1.29 is 0 Å². The molecule has 0 aliphatic heterocycles. The third kappa shape index (κ3) is 3.57. The normalized spacial score (nSPS) is 21.1. The van der Waals surface area contributed by atoms with Gasteiger partial charge in [-0.1, -0.05) is 49.6 Å². The molecule has 1 aromatic carbocycles. The molecule has 2 atom stereocenters. The zero-order chi connectivity index (χ0) is 12.1. The van der Waals surface area contributed by atoms with Crippen LogP contribution in [0.25, 0.3) is 0 Å². The number of rotatable bonds is 4. The van der Waals surface area contributed by atoms with Gasteiger partial charge in [0.25, 0.3) is 0 Å². The number of hydrogen-bond donors (Lipinski definition) is 1. The number of benzene rings is 1. The third-order valence-corrected chi connectivity index (χ3v) is 4.17. The van der Waals surface area contributed by atoms with Crippen molar-refractivity contribution in [2.45, 2.75) is 58.0 Å². The second-order valence-corrected chi connectivity index (χ2v) is 5.49. The molecule has 1 aliphatic rings. The van der Waals surface area contributed by atoms with E-state index in [-0.39, 0.29) is 0 Å². The molecule has 1 aromatic rings. The molecule has 1 heteroatoms. The molecular formula is C16H25N. The van der Waals surface area contributed by atoms with E-state index >= 15 is 0 Å². The molecule has 0 spiro atoms. The molecule has 0 amide bonds. The quantitative estimate of drug-likeness (QED) is 0.814. The highest BCUT2D eigenvalue weighted by Crippen LogP contribution is 2.27. The van der Waals surface area contributed by atoms with Crippen molar-refractivity contribution in [1.29, 1.82) is 0 Å². The molecule has 17 heavy (non-hydrogen) atoms. The molecule has 94 valence electrons. The Morgan fingerprint density at radius 1 is 1.00 bits per heavy atom. The fraction of sp³-hybridized carbons (Fsp3) is 0.625. The van der Waals surface area contributed by atoms with Gasteiger partial charge in [0.1, 0.15) is 0 Å². The van der Waals surface area contributed by atoms with Crippen LogP contribution in [0.3, 0.4) is 0 Å². The van der Waals surface area contributed by atoms with Crippen molar-refractivity contribution in [3.63, 3.8) is 0 Å². The first-order valence-electron chi connectivity index (χ1n) is 7.08. The van der Waals surface area contributed by atoms with Crippen LogP contribution in [-0.4, -0.2) is 6.04 Å². The van der Waals surface area contributed by atoms with E-state index in [0.717, 1.165) is 5.92 Å². The van der Waals surface area contributed by atoms with Crippen LogP contribution in [0.2, 0.25) is 0 Å². The molecule has 0 heterocycles. The molecule has 1 nitrogen and oxygen atoms in total. The zero-order valence-corrected chi connectivity index (χ0v) is 11.2. The Morgan fingerprint density at radius 3 is 2.29 bits per heavy atom. The first-order valence-corrected chi connectivity index (χ1v) is 7.08. The lowest BCUT2D eigenvalue weighted by Crippen LogP contribution is -2.36. The van der Waals surface area contributed by atoms with Crippen LogP contribution < -0.4 is 5.32 Å². The molecule has 0 radical (unpaired) electrons. The summed E-state index contributed by atoms with van der Waals surface area (Å²) < 4.78 is 0. The smallest absolute Gasteiger partial charge is 0.0294 e. The molecule has 1 aliphatic carbocycles. The zero-order valence-electron chi connectivity index (χ0n) is 11.2. The summed E-state index contributed by atoms with van der Waals surface area (Å²) >= 11 is 0. The summed E-state index contributed by atoms with van der Waals surface area (Å²) in [6.45, 7) is 4.63. The minimum absolute atomic E-state index is 0.466. The van der Waals surface area contributed by atoms with Crippen LogP contribution in [0.1, 0.15) is 57.6 Å². The molecule has 1 unspecified atom stereocenters. The Balaban J connectivity index is 1.87. The summed E-state index contributed by atoms with van der Waals surface area (Å²) in [5, 5.41) is 3.77. The molecule has 1 N–H and O–H groups in total. The van der Waals surface area contributed by atoms with Crippen LogP contribution in [-0.2, 0) is 0 Å². The van der Waals surface area contributed by atoms with Crippen LogP contribution in [0.5, 0.6) is 0 Å².